The Morgan fingerprint density at radius 1 is 0.615 bits per heavy atom. The van der Waals surface area contributed by atoms with Crippen LogP contribution in [0.5, 0.6) is 0 Å². The van der Waals surface area contributed by atoms with Gasteiger partial charge in [-0.2, -0.15) is 5.26 Å². The molecule has 0 heterocycles. The Morgan fingerprint density at radius 2 is 1.00 bits per heavy atom. The van der Waals surface area contributed by atoms with E-state index >= 15 is 0 Å². The van der Waals surface area contributed by atoms with Crippen molar-refractivity contribution in [3.63, 3.8) is 0 Å². The van der Waals surface area contributed by atoms with Crippen molar-refractivity contribution in [2.75, 3.05) is 0 Å². The smallest absolute Gasteiger partial charge is 0.193 e. The van der Waals surface area contributed by atoms with Crippen molar-refractivity contribution < 1.29 is 37.4 Å². The Kier molecular flexibility index (Phi) is 19.7. The van der Waals surface area contributed by atoms with Gasteiger partial charge in [-0.25, -0.2) is 4.85 Å². The normalized spacial score (nSPS) is 10.7. The van der Waals surface area contributed by atoms with Crippen molar-refractivity contribution in [3.8, 4) is 6.07 Å². The van der Waals surface area contributed by atoms with Gasteiger partial charge in [0.1, 0.15) is 0 Å². The number of rotatable bonds is 6. The molecule has 5 rings (SSSR count). The van der Waals surface area contributed by atoms with Gasteiger partial charge in [-0.15, -0.1) is 0 Å². The molecule has 0 bridgehead atoms. The predicted molar refractivity (Wildman–Crippen MR) is 213 cm³/mol. The summed E-state index contributed by atoms with van der Waals surface area (Å²) in [7, 11) is 0. The third kappa shape index (κ3) is 11.8. The second-order valence-electron chi connectivity index (χ2n) is 11.9. The van der Waals surface area contributed by atoms with Crippen molar-refractivity contribution in [1.82, 2.24) is 0 Å². The summed E-state index contributed by atoms with van der Waals surface area (Å²) < 4.78 is 0. The minimum Gasteiger partial charge on any atom is -1.00 e. The Hall–Kier alpha value is -4.48. The minimum atomic E-state index is 0. The first kappa shape index (κ1) is 45.5. The van der Waals surface area contributed by atoms with Crippen LogP contribution >= 0.6 is 11.6 Å². The number of nitriles is 1. The number of hydrogen-bond acceptors (Lipinski definition) is 4. The van der Waals surface area contributed by atoms with Gasteiger partial charge in [0.15, 0.2) is 5.69 Å². The molecular formula is C44H42BrClN5Pd-3. The molecule has 0 radical (unpaired) electrons. The third-order valence-electron chi connectivity index (χ3n) is 8.12. The largest absolute Gasteiger partial charge is 1.00 e. The maximum atomic E-state index is 9.99. The number of nitrogens with zero attached hydrogens (tertiary/aromatic N) is 5. The zero-order chi connectivity index (χ0) is 36.8. The van der Waals surface area contributed by atoms with Gasteiger partial charge < -0.3 is 38.6 Å². The van der Waals surface area contributed by atoms with Crippen molar-refractivity contribution in [3.05, 3.63) is 170 Å². The minimum absolute atomic E-state index is 0. The second-order valence-corrected chi connectivity index (χ2v) is 11.9. The topological polar surface area (TPSA) is 65.2 Å². The summed E-state index contributed by atoms with van der Waals surface area (Å²) in [5.74, 6) is 0. The van der Waals surface area contributed by atoms with Crippen LogP contribution in [0.3, 0.4) is 0 Å². The monoisotopic (exact) mass is 860 g/mol. The van der Waals surface area contributed by atoms with Crippen LogP contribution in [0.15, 0.2) is 112 Å². The Morgan fingerprint density at radius 3 is 1.40 bits per heavy atom. The quantitative estimate of drug-likeness (QED) is 0.0954. The van der Waals surface area contributed by atoms with Crippen molar-refractivity contribution in [2.24, 2.45) is 15.0 Å². The molecule has 0 aromatic heterocycles. The number of aliphatic imine (C=N–C) groups is 3. The standard InChI is InChI=1S/C34H31N4.C9H9N.CH2Cl.BrH.Pd/c1-22-12-9-13-23(2)31(22)36-21-30(37-32-24(3)14-10-15-25(32)4)34(29-19-8-7-18-28(29)20-35)38-33-26(5)16-11-17-27(33)6;1-7-5-4-6-8(2)9(7)10-3;1-2;;/h7-19H,1-6H3;4-6H,1-2H3;1H2;1H;/q-1;;-1;;/p-1. The molecule has 8 heteroatoms. The Balaban J connectivity index is 0.000000829. The maximum absolute atomic E-state index is 9.99. The van der Waals surface area contributed by atoms with E-state index in [-0.39, 0.29) is 37.4 Å². The van der Waals surface area contributed by atoms with Gasteiger partial charge in [-0.3, -0.25) is 11.4 Å². The van der Waals surface area contributed by atoms with Gasteiger partial charge >= 0.3 is 0 Å². The van der Waals surface area contributed by atoms with Crippen LogP contribution in [0.1, 0.15) is 55.6 Å². The molecule has 0 unspecified atom stereocenters. The van der Waals surface area contributed by atoms with Gasteiger partial charge in [-0.1, -0.05) is 108 Å². The summed E-state index contributed by atoms with van der Waals surface area (Å²) in [6.07, 6.45) is 5.99. The molecule has 0 spiro atoms. The van der Waals surface area contributed by atoms with Gasteiger partial charge in [0.2, 0.25) is 0 Å². The fraction of sp³-hybridized carbons (Fsp3) is 0.182. The molecule has 270 valence electrons. The van der Waals surface area contributed by atoms with Crippen molar-refractivity contribution in [2.45, 2.75) is 55.4 Å². The maximum Gasteiger partial charge on any atom is 0.193 e. The molecular weight excluding hydrogens is 820 g/mol. The zero-order valence-electron chi connectivity index (χ0n) is 30.8. The van der Waals surface area contributed by atoms with Gasteiger partial charge in [0.25, 0.3) is 0 Å². The SMILES string of the molecule is Cc1cccc(C)c1N=[C-]C(=Nc1c(C)cccc1C)C(=Nc1c(C)cccc1C)c1ccccc1C#N.[Br-].[C-]#[N+]c1c(C)cccc1C.[CH2-]Cl.[Pd]. The van der Waals surface area contributed by atoms with E-state index in [1.165, 1.54) is 0 Å². The molecule has 0 aliphatic rings. The van der Waals surface area contributed by atoms with E-state index in [1.54, 1.807) is 6.07 Å². The van der Waals surface area contributed by atoms with Crippen LogP contribution in [0.4, 0.5) is 22.7 Å². The predicted octanol–water partition coefficient (Wildman–Crippen LogP) is 9.45. The van der Waals surface area contributed by atoms with Crippen LogP contribution in [-0.2, 0) is 20.4 Å². The fourth-order valence-electron chi connectivity index (χ4n) is 5.42. The fourth-order valence-corrected chi connectivity index (χ4v) is 5.42. The molecule has 0 atom stereocenters. The van der Waals surface area contributed by atoms with Crippen LogP contribution in [0, 0.1) is 79.7 Å². The molecule has 0 saturated carbocycles. The van der Waals surface area contributed by atoms with Gasteiger partial charge in [0.05, 0.1) is 24.0 Å². The third-order valence-corrected chi connectivity index (χ3v) is 8.12. The summed E-state index contributed by atoms with van der Waals surface area (Å²) in [5, 5.41) is 9.99. The molecule has 5 aromatic carbocycles. The summed E-state index contributed by atoms with van der Waals surface area (Å²) in [6.45, 7) is 23.0. The summed E-state index contributed by atoms with van der Waals surface area (Å²) in [5.41, 5.74) is 13.9. The van der Waals surface area contributed by atoms with Crippen LogP contribution < -0.4 is 17.0 Å². The van der Waals surface area contributed by atoms with Gasteiger partial charge in [-0.05, 0) is 112 Å². The number of hydrogen-bond donors (Lipinski definition) is 0. The Bertz CT molecular complexity index is 2070. The molecule has 5 nitrogen and oxygen atoms in total. The van der Waals surface area contributed by atoms with E-state index in [0.29, 0.717) is 22.6 Å². The Labute approximate surface area is 339 Å². The number of aryl methyl sites for hydroxylation is 8. The first-order chi connectivity index (χ1) is 24.0. The van der Waals surface area contributed by atoms with E-state index in [1.807, 2.05) is 146 Å². The van der Waals surface area contributed by atoms with Crippen molar-refractivity contribution >= 4 is 52.0 Å². The van der Waals surface area contributed by atoms with Crippen LogP contribution in [0.25, 0.3) is 4.85 Å². The molecule has 52 heavy (non-hydrogen) atoms. The molecule has 0 aliphatic heterocycles. The van der Waals surface area contributed by atoms with E-state index in [9.17, 15) is 5.26 Å². The molecule has 0 fully saturated rings. The molecule has 0 N–H and O–H groups in total. The van der Waals surface area contributed by atoms with Crippen molar-refractivity contribution in [1.29, 1.82) is 5.26 Å². The zero-order valence-corrected chi connectivity index (χ0v) is 34.6. The first-order valence-electron chi connectivity index (χ1n) is 16.1. The molecule has 5 aromatic rings. The average Bonchev–Trinajstić information content (AvgIpc) is 3.10. The van der Waals surface area contributed by atoms with Crippen LogP contribution in [-0.4, -0.2) is 17.6 Å². The number of halogens is 2. The molecule has 0 aliphatic carbocycles. The van der Waals surface area contributed by atoms with Gasteiger partial charge in [0, 0.05) is 31.7 Å². The number of benzene rings is 5. The molecule has 0 saturated heterocycles. The number of para-hydroxylation sites is 4. The van der Waals surface area contributed by atoms with E-state index in [4.69, 9.17) is 21.5 Å². The van der Waals surface area contributed by atoms with E-state index in [2.05, 4.69) is 35.1 Å². The summed E-state index contributed by atoms with van der Waals surface area (Å²) in [4.78, 5) is 18.5. The average molecular weight is 863 g/mol. The van der Waals surface area contributed by atoms with Crippen LogP contribution in [0.2, 0.25) is 0 Å². The van der Waals surface area contributed by atoms with E-state index < -0.39 is 0 Å². The molecule has 0 amide bonds. The van der Waals surface area contributed by atoms with E-state index in [0.717, 1.165) is 67.3 Å². The second kappa shape index (κ2) is 22.5. The summed E-state index contributed by atoms with van der Waals surface area (Å²) >= 11 is 4.39. The first-order valence-corrected chi connectivity index (χ1v) is 16.6. The summed E-state index contributed by atoms with van der Waals surface area (Å²) in [6, 6.07) is 34.0.